The van der Waals surface area contributed by atoms with Gasteiger partial charge in [-0.15, -0.1) is 0 Å². The minimum absolute atomic E-state index is 0.127. The lowest BCUT2D eigenvalue weighted by molar-refractivity contribution is 0.624. The Labute approximate surface area is 130 Å². The molecule has 0 amide bonds. The maximum Gasteiger partial charge on any atom is 0.123 e. The van der Waals surface area contributed by atoms with Crippen LogP contribution < -0.4 is 5.73 Å². The van der Waals surface area contributed by atoms with Gasteiger partial charge in [0.15, 0.2) is 0 Å². The maximum absolute atomic E-state index is 13.3. The third kappa shape index (κ3) is 2.53. The second kappa shape index (κ2) is 5.93. The molecule has 2 N–H and O–H groups in total. The van der Waals surface area contributed by atoms with Gasteiger partial charge in [0.1, 0.15) is 5.82 Å². The predicted molar refractivity (Wildman–Crippen MR) is 90.3 cm³/mol. The second-order valence-corrected chi connectivity index (χ2v) is 5.78. The average molecular weight is 296 g/mol. The van der Waals surface area contributed by atoms with Gasteiger partial charge in [-0.2, -0.15) is 0 Å². The highest BCUT2D eigenvalue weighted by atomic mass is 19.1. The van der Waals surface area contributed by atoms with E-state index in [1.807, 2.05) is 24.3 Å². The molecule has 0 spiro atoms. The smallest absolute Gasteiger partial charge is 0.123 e. The lowest BCUT2D eigenvalue weighted by Crippen LogP contribution is -2.23. The van der Waals surface area contributed by atoms with Crippen molar-refractivity contribution in [3.8, 4) is 11.1 Å². The molecule has 2 aromatic carbocycles. The van der Waals surface area contributed by atoms with Crippen LogP contribution in [0.15, 0.2) is 48.5 Å². The van der Waals surface area contributed by atoms with Gasteiger partial charge in [0.05, 0.1) is 0 Å². The quantitative estimate of drug-likeness (QED) is 0.766. The number of para-hydroxylation sites is 1. The van der Waals surface area contributed by atoms with Crippen molar-refractivity contribution in [1.29, 1.82) is 0 Å². The maximum atomic E-state index is 13.3. The van der Waals surface area contributed by atoms with E-state index in [1.165, 1.54) is 34.3 Å². The van der Waals surface area contributed by atoms with Crippen LogP contribution in [0.2, 0.25) is 0 Å². The number of fused-ring (bicyclic) bond motifs is 1. The molecule has 1 aromatic heterocycles. The summed E-state index contributed by atoms with van der Waals surface area (Å²) in [5.41, 5.74) is 10.8. The number of hydrogen-bond acceptors (Lipinski definition) is 1. The standard InChI is InChI=1S/C19H21FN2/c1-3-15(21)12-18-19(13-8-10-14(20)11-9-13)16-6-4-5-7-17(16)22(18)2/h4-11,15H,3,12,21H2,1-2H3. The molecule has 0 aliphatic heterocycles. The molecule has 1 unspecified atom stereocenters. The fourth-order valence-corrected chi connectivity index (χ4v) is 3.02. The summed E-state index contributed by atoms with van der Waals surface area (Å²) in [7, 11) is 2.08. The normalized spacial score (nSPS) is 12.7. The van der Waals surface area contributed by atoms with Gasteiger partial charge in [0.25, 0.3) is 0 Å². The molecular formula is C19H21FN2. The lowest BCUT2D eigenvalue weighted by Gasteiger charge is -2.13. The van der Waals surface area contributed by atoms with E-state index in [2.05, 4.69) is 30.7 Å². The average Bonchev–Trinajstić information content (AvgIpc) is 2.81. The van der Waals surface area contributed by atoms with E-state index in [9.17, 15) is 4.39 Å². The van der Waals surface area contributed by atoms with Gasteiger partial charge in [-0.25, -0.2) is 4.39 Å². The summed E-state index contributed by atoms with van der Waals surface area (Å²) in [6.07, 6.45) is 1.75. The zero-order valence-electron chi connectivity index (χ0n) is 13.0. The first-order valence-corrected chi connectivity index (χ1v) is 7.69. The van der Waals surface area contributed by atoms with Crippen molar-refractivity contribution in [2.45, 2.75) is 25.8 Å². The van der Waals surface area contributed by atoms with Gasteiger partial charge in [0.2, 0.25) is 0 Å². The molecule has 3 aromatic rings. The molecule has 3 heteroatoms. The summed E-state index contributed by atoms with van der Waals surface area (Å²) in [6, 6.07) is 15.2. The van der Waals surface area contributed by atoms with Gasteiger partial charge < -0.3 is 10.3 Å². The van der Waals surface area contributed by atoms with Crippen molar-refractivity contribution in [2.75, 3.05) is 0 Å². The number of rotatable bonds is 4. The van der Waals surface area contributed by atoms with Crippen LogP contribution in [-0.2, 0) is 13.5 Å². The number of hydrogen-bond donors (Lipinski definition) is 1. The summed E-state index contributed by atoms with van der Waals surface area (Å²) in [4.78, 5) is 0. The highest BCUT2D eigenvalue weighted by Crippen LogP contribution is 2.35. The summed E-state index contributed by atoms with van der Waals surface area (Å²) >= 11 is 0. The van der Waals surface area contributed by atoms with Gasteiger partial charge in [0, 0.05) is 41.7 Å². The van der Waals surface area contributed by atoms with Crippen LogP contribution in [0.25, 0.3) is 22.0 Å². The van der Waals surface area contributed by atoms with E-state index in [-0.39, 0.29) is 11.9 Å². The Morgan fingerprint density at radius 1 is 1.09 bits per heavy atom. The van der Waals surface area contributed by atoms with Gasteiger partial charge in [-0.05, 0) is 30.2 Å². The minimum Gasteiger partial charge on any atom is -0.347 e. The molecule has 114 valence electrons. The molecule has 1 heterocycles. The van der Waals surface area contributed by atoms with E-state index in [0.717, 1.165) is 18.4 Å². The Balaban J connectivity index is 2.25. The SMILES string of the molecule is CCC(N)Cc1c(-c2ccc(F)cc2)c2ccccc2n1C. The molecule has 0 aliphatic carbocycles. The molecule has 0 aliphatic rings. The Kier molecular flexibility index (Phi) is 3.99. The first kappa shape index (κ1) is 14.8. The van der Waals surface area contributed by atoms with Gasteiger partial charge in [-0.1, -0.05) is 37.3 Å². The molecule has 1 atom stereocenters. The van der Waals surface area contributed by atoms with Gasteiger partial charge in [-0.3, -0.25) is 0 Å². The van der Waals surface area contributed by atoms with Gasteiger partial charge >= 0.3 is 0 Å². The molecule has 0 bridgehead atoms. The highest BCUT2D eigenvalue weighted by molar-refractivity contribution is 5.98. The van der Waals surface area contributed by atoms with Crippen molar-refractivity contribution in [3.05, 3.63) is 60.0 Å². The molecule has 22 heavy (non-hydrogen) atoms. The van der Waals surface area contributed by atoms with E-state index >= 15 is 0 Å². The van der Waals surface area contributed by atoms with Crippen LogP contribution in [0.4, 0.5) is 4.39 Å². The summed E-state index contributed by atoms with van der Waals surface area (Å²) in [6.45, 7) is 2.10. The number of nitrogens with zero attached hydrogens (tertiary/aromatic N) is 1. The first-order valence-electron chi connectivity index (χ1n) is 7.69. The van der Waals surface area contributed by atoms with Crippen molar-refractivity contribution >= 4 is 10.9 Å². The van der Waals surface area contributed by atoms with Crippen LogP contribution in [0.5, 0.6) is 0 Å². The second-order valence-electron chi connectivity index (χ2n) is 5.78. The van der Waals surface area contributed by atoms with E-state index < -0.39 is 0 Å². The number of halogens is 1. The van der Waals surface area contributed by atoms with E-state index in [1.54, 1.807) is 0 Å². The Morgan fingerprint density at radius 2 is 1.77 bits per heavy atom. The van der Waals surface area contributed by atoms with E-state index in [0.29, 0.717) is 0 Å². The van der Waals surface area contributed by atoms with Crippen LogP contribution in [-0.4, -0.2) is 10.6 Å². The third-order valence-corrected chi connectivity index (χ3v) is 4.34. The number of nitrogens with two attached hydrogens (primary N) is 1. The number of aromatic nitrogens is 1. The monoisotopic (exact) mass is 296 g/mol. The van der Waals surface area contributed by atoms with Crippen LogP contribution >= 0.6 is 0 Å². The number of benzene rings is 2. The van der Waals surface area contributed by atoms with Crippen molar-refractivity contribution < 1.29 is 4.39 Å². The summed E-state index contributed by atoms with van der Waals surface area (Å²) in [5, 5.41) is 1.19. The van der Waals surface area contributed by atoms with Crippen LogP contribution in [0.3, 0.4) is 0 Å². The molecule has 0 saturated carbocycles. The summed E-state index contributed by atoms with van der Waals surface area (Å²) < 4.78 is 15.5. The Hall–Kier alpha value is -2.13. The van der Waals surface area contributed by atoms with Crippen molar-refractivity contribution in [3.63, 3.8) is 0 Å². The zero-order valence-corrected chi connectivity index (χ0v) is 13.0. The van der Waals surface area contributed by atoms with Crippen LogP contribution in [0.1, 0.15) is 19.0 Å². The van der Waals surface area contributed by atoms with Crippen LogP contribution in [0, 0.1) is 5.82 Å². The zero-order chi connectivity index (χ0) is 15.7. The number of aryl methyl sites for hydroxylation is 1. The minimum atomic E-state index is -0.212. The largest absolute Gasteiger partial charge is 0.347 e. The first-order chi connectivity index (χ1) is 10.6. The van der Waals surface area contributed by atoms with Crippen molar-refractivity contribution in [1.82, 2.24) is 4.57 Å². The third-order valence-electron chi connectivity index (χ3n) is 4.34. The van der Waals surface area contributed by atoms with E-state index in [4.69, 9.17) is 5.73 Å². The fraction of sp³-hybridized carbons (Fsp3) is 0.263. The van der Waals surface area contributed by atoms with Crippen molar-refractivity contribution in [2.24, 2.45) is 12.8 Å². The predicted octanol–water partition coefficient (Wildman–Crippen LogP) is 4.26. The Bertz CT molecular complexity index is 787. The molecule has 3 rings (SSSR count). The molecule has 2 nitrogen and oxygen atoms in total. The fourth-order valence-electron chi connectivity index (χ4n) is 3.02. The molecule has 0 radical (unpaired) electrons. The topological polar surface area (TPSA) is 30.9 Å². The highest BCUT2D eigenvalue weighted by Gasteiger charge is 2.18. The molecule has 0 saturated heterocycles. The Morgan fingerprint density at radius 3 is 2.45 bits per heavy atom. The lowest BCUT2D eigenvalue weighted by atomic mass is 9.98. The molecule has 0 fully saturated rings. The molecular weight excluding hydrogens is 275 g/mol. The summed E-state index contributed by atoms with van der Waals surface area (Å²) in [5.74, 6) is -0.212.